The highest BCUT2D eigenvalue weighted by Gasteiger charge is 2.22. The third-order valence-corrected chi connectivity index (χ3v) is 4.57. The number of hydrogen-bond donors (Lipinski definition) is 0. The number of carbonyl (C=O) groups excluding carboxylic acids is 1. The Balaban J connectivity index is 1.51. The molecule has 16 heavy (non-hydrogen) atoms. The molecule has 0 spiro atoms. The van der Waals surface area contributed by atoms with Gasteiger partial charge in [-0.05, 0) is 25.2 Å². The van der Waals surface area contributed by atoms with Crippen LogP contribution >= 0.6 is 0 Å². The van der Waals surface area contributed by atoms with Gasteiger partial charge in [-0.2, -0.15) is 0 Å². The Bertz CT molecular complexity index is 209. The first-order valence-electron chi connectivity index (χ1n) is 7.39. The summed E-state index contributed by atoms with van der Waals surface area (Å²) in [5.74, 6) is 2.02. The fraction of sp³-hybridized carbons (Fsp3) is 0.933. The lowest BCUT2D eigenvalue weighted by molar-refractivity contribution is -0.122. The smallest absolute Gasteiger partial charge is 0.135 e. The molecule has 2 saturated carbocycles. The van der Waals surface area contributed by atoms with E-state index in [1.807, 2.05) is 0 Å². The lowest BCUT2D eigenvalue weighted by Gasteiger charge is -2.09. The van der Waals surface area contributed by atoms with Gasteiger partial charge in [-0.25, -0.2) is 0 Å². The van der Waals surface area contributed by atoms with Crippen LogP contribution in [0.15, 0.2) is 0 Å². The van der Waals surface area contributed by atoms with E-state index in [4.69, 9.17) is 0 Å². The Morgan fingerprint density at radius 3 is 2.19 bits per heavy atom. The van der Waals surface area contributed by atoms with Crippen molar-refractivity contribution in [2.24, 2.45) is 11.8 Å². The first-order valence-corrected chi connectivity index (χ1v) is 7.39. The summed E-state index contributed by atoms with van der Waals surface area (Å²) in [5, 5.41) is 0. The molecule has 0 saturated heterocycles. The van der Waals surface area contributed by atoms with Gasteiger partial charge in [0.25, 0.3) is 0 Å². The van der Waals surface area contributed by atoms with Crippen molar-refractivity contribution >= 4 is 5.78 Å². The minimum absolute atomic E-state index is 0.450. The first-order chi connectivity index (χ1) is 7.86. The summed E-state index contributed by atoms with van der Waals surface area (Å²) in [6.45, 7) is 0. The summed E-state index contributed by atoms with van der Waals surface area (Å²) in [6, 6.07) is 0. The largest absolute Gasteiger partial charge is 0.299 e. The van der Waals surface area contributed by atoms with Gasteiger partial charge in [0, 0.05) is 12.3 Å². The van der Waals surface area contributed by atoms with E-state index in [9.17, 15) is 4.79 Å². The molecule has 92 valence electrons. The van der Waals surface area contributed by atoms with Crippen molar-refractivity contribution in [2.45, 2.75) is 77.0 Å². The summed E-state index contributed by atoms with van der Waals surface area (Å²) in [7, 11) is 0. The normalized spacial score (nSPS) is 23.0. The Morgan fingerprint density at radius 2 is 1.50 bits per heavy atom. The van der Waals surface area contributed by atoms with E-state index in [1.54, 1.807) is 0 Å². The number of ketones is 1. The molecule has 0 heterocycles. The van der Waals surface area contributed by atoms with E-state index in [1.165, 1.54) is 64.2 Å². The molecule has 1 heteroatoms. The van der Waals surface area contributed by atoms with Crippen molar-refractivity contribution in [3.63, 3.8) is 0 Å². The number of Topliss-reactive ketones (excluding diaryl/α,β-unsaturated/α-hetero) is 1. The average Bonchev–Trinajstić information content (AvgIpc) is 2.96. The monoisotopic (exact) mass is 222 g/mol. The Kier molecular flexibility index (Phi) is 4.87. The van der Waals surface area contributed by atoms with Gasteiger partial charge >= 0.3 is 0 Å². The van der Waals surface area contributed by atoms with Crippen LogP contribution < -0.4 is 0 Å². The summed E-state index contributed by atoms with van der Waals surface area (Å²) in [5.41, 5.74) is 0. The maximum Gasteiger partial charge on any atom is 0.135 e. The zero-order valence-electron chi connectivity index (χ0n) is 10.5. The average molecular weight is 222 g/mol. The zero-order valence-corrected chi connectivity index (χ0v) is 10.5. The molecule has 0 aromatic carbocycles. The molecular weight excluding hydrogens is 196 g/mol. The Morgan fingerprint density at radius 1 is 0.875 bits per heavy atom. The van der Waals surface area contributed by atoms with E-state index >= 15 is 0 Å². The molecule has 2 fully saturated rings. The molecule has 0 radical (unpaired) electrons. The second-order valence-electron chi connectivity index (χ2n) is 5.84. The second kappa shape index (κ2) is 6.42. The van der Waals surface area contributed by atoms with Crippen molar-refractivity contribution in [1.82, 2.24) is 0 Å². The van der Waals surface area contributed by atoms with E-state index in [-0.39, 0.29) is 0 Å². The van der Waals surface area contributed by atoms with Gasteiger partial charge in [-0.1, -0.05) is 51.4 Å². The molecule has 2 aliphatic rings. The number of rotatable bonds is 6. The van der Waals surface area contributed by atoms with E-state index in [0.29, 0.717) is 11.7 Å². The van der Waals surface area contributed by atoms with Gasteiger partial charge in [0.2, 0.25) is 0 Å². The van der Waals surface area contributed by atoms with Crippen LogP contribution in [0.4, 0.5) is 0 Å². The first kappa shape index (κ1) is 12.1. The molecule has 0 aromatic rings. The predicted molar refractivity (Wildman–Crippen MR) is 67.4 cm³/mol. The standard InChI is InChI=1S/C15H26O/c16-15(14-10-4-5-11-14)12-6-3-9-13-7-1-2-8-13/h13-14H,1-12H2. The molecule has 0 N–H and O–H groups in total. The molecule has 0 aliphatic heterocycles. The van der Waals surface area contributed by atoms with E-state index in [0.717, 1.165) is 18.8 Å². The molecule has 2 aliphatic carbocycles. The van der Waals surface area contributed by atoms with Gasteiger partial charge in [0.15, 0.2) is 0 Å². The summed E-state index contributed by atoms with van der Waals surface area (Å²) < 4.78 is 0. The molecule has 0 amide bonds. The summed E-state index contributed by atoms with van der Waals surface area (Å²) in [4.78, 5) is 11.8. The van der Waals surface area contributed by atoms with Crippen molar-refractivity contribution in [3.05, 3.63) is 0 Å². The van der Waals surface area contributed by atoms with E-state index < -0.39 is 0 Å². The van der Waals surface area contributed by atoms with Gasteiger partial charge in [-0.15, -0.1) is 0 Å². The minimum Gasteiger partial charge on any atom is -0.299 e. The minimum atomic E-state index is 0.450. The highest BCUT2D eigenvalue weighted by Crippen LogP contribution is 2.30. The molecule has 0 bridgehead atoms. The number of unbranched alkanes of at least 4 members (excludes halogenated alkanes) is 1. The maximum absolute atomic E-state index is 11.8. The van der Waals surface area contributed by atoms with Crippen LogP contribution in [0.5, 0.6) is 0 Å². The molecule has 0 atom stereocenters. The predicted octanol–water partition coefficient (Wildman–Crippen LogP) is 4.50. The number of hydrogen-bond acceptors (Lipinski definition) is 1. The van der Waals surface area contributed by atoms with Gasteiger partial charge in [0.05, 0.1) is 0 Å². The quantitative estimate of drug-likeness (QED) is 0.605. The third-order valence-electron chi connectivity index (χ3n) is 4.57. The molecule has 2 rings (SSSR count). The van der Waals surface area contributed by atoms with Crippen molar-refractivity contribution in [3.8, 4) is 0 Å². The lowest BCUT2D eigenvalue weighted by atomic mass is 9.95. The van der Waals surface area contributed by atoms with Crippen LogP contribution in [0.2, 0.25) is 0 Å². The van der Waals surface area contributed by atoms with E-state index in [2.05, 4.69) is 0 Å². The van der Waals surface area contributed by atoms with Crippen LogP contribution in [0.3, 0.4) is 0 Å². The Hall–Kier alpha value is -0.330. The van der Waals surface area contributed by atoms with Crippen molar-refractivity contribution in [2.75, 3.05) is 0 Å². The molecule has 1 nitrogen and oxygen atoms in total. The van der Waals surface area contributed by atoms with Gasteiger partial charge in [0.1, 0.15) is 5.78 Å². The van der Waals surface area contributed by atoms with Crippen LogP contribution in [0.25, 0.3) is 0 Å². The van der Waals surface area contributed by atoms with Crippen LogP contribution in [0, 0.1) is 11.8 Å². The van der Waals surface area contributed by atoms with Crippen LogP contribution in [-0.4, -0.2) is 5.78 Å². The topological polar surface area (TPSA) is 17.1 Å². The second-order valence-corrected chi connectivity index (χ2v) is 5.84. The Labute approximate surface area is 100.0 Å². The molecule has 0 unspecified atom stereocenters. The lowest BCUT2D eigenvalue weighted by Crippen LogP contribution is -2.10. The van der Waals surface area contributed by atoms with Crippen molar-refractivity contribution < 1.29 is 4.79 Å². The summed E-state index contributed by atoms with van der Waals surface area (Å²) in [6.07, 6.45) is 15.5. The van der Waals surface area contributed by atoms with Crippen LogP contribution in [-0.2, 0) is 4.79 Å². The molecular formula is C15H26O. The SMILES string of the molecule is O=C(CCCCC1CCCC1)C1CCCC1. The fourth-order valence-corrected chi connectivity index (χ4v) is 3.48. The maximum atomic E-state index is 11.8. The van der Waals surface area contributed by atoms with Crippen LogP contribution in [0.1, 0.15) is 77.0 Å². The molecule has 0 aromatic heterocycles. The highest BCUT2D eigenvalue weighted by molar-refractivity contribution is 5.81. The van der Waals surface area contributed by atoms with Crippen molar-refractivity contribution in [1.29, 1.82) is 0 Å². The van der Waals surface area contributed by atoms with Gasteiger partial charge < -0.3 is 0 Å². The summed E-state index contributed by atoms with van der Waals surface area (Å²) >= 11 is 0. The third kappa shape index (κ3) is 3.61. The fourth-order valence-electron chi connectivity index (χ4n) is 3.48. The number of carbonyl (C=O) groups is 1. The van der Waals surface area contributed by atoms with Gasteiger partial charge in [-0.3, -0.25) is 4.79 Å². The highest BCUT2D eigenvalue weighted by atomic mass is 16.1. The zero-order chi connectivity index (χ0) is 11.2.